The van der Waals surface area contributed by atoms with Crippen LogP contribution in [-0.4, -0.2) is 25.3 Å². The van der Waals surface area contributed by atoms with E-state index < -0.39 is 18.5 Å². The monoisotopic (exact) mass is 406 g/mol. The van der Waals surface area contributed by atoms with Crippen molar-refractivity contribution >= 4 is 23.6 Å². The Balaban J connectivity index is 1.64. The van der Waals surface area contributed by atoms with E-state index in [-0.39, 0.29) is 18.3 Å². The molecule has 2 aromatic carbocycles. The number of esters is 1. The molecule has 7 heteroatoms. The van der Waals surface area contributed by atoms with E-state index in [0.29, 0.717) is 22.7 Å². The zero-order chi connectivity index (χ0) is 21.7. The maximum Gasteiger partial charge on any atom is 0.349 e. The van der Waals surface area contributed by atoms with Crippen molar-refractivity contribution in [2.24, 2.45) is 0 Å². The molecule has 0 aromatic heterocycles. The van der Waals surface area contributed by atoms with Crippen molar-refractivity contribution in [2.75, 3.05) is 18.7 Å². The van der Waals surface area contributed by atoms with Gasteiger partial charge in [0.15, 0.2) is 18.1 Å². The number of benzene rings is 2. The van der Waals surface area contributed by atoms with Crippen molar-refractivity contribution in [1.82, 2.24) is 0 Å². The van der Waals surface area contributed by atoms with Crippen molar-refractivity contribution in [3.8, 4) is 17.6 Å². The lowest BCUT2D eigenvalue weighted by Gasteiger charge is -2.16. The van der Waals surface area contributed by atoms with Crippen LogP contribution in [0.2, 0.25) is 0 Å². The molecule has 0 unspecified atom stereocenters. The number of nitriles is 1. The van der Waals surface area contributed by atoms with Gasteiger partial charge in [-0.3, -0.25) is 4.79 Å². The summed E-state index contributed by atoms with van der Waals surface area (Å²) < 4.78 is 15.6. The van der Waals surface area contributed by atoms with Crippen LogP contribution in [-0.2, 0) is 14.3 Å². The molecule has 30 heavy (non-hydrogen) atoms. The smallest absolute Gasteiger partial charge is 0.349 e. The highest BCUT2D eigenvalue weighted by molar-refractivity contribution is 6.00. The molecule has 0 saturated heterocycles. The molecular weight excluding hydrogens is 384 g/mol. The summed E-state index contributed by atoms with van der Waals surface area (Å²) in [5.74, 6) is 0.00605. The number of hydrogen-bond donors (Lipinski definition) is 1. The third-order valence-electron chi connectivity index (χ3n) is 4.57. The summed E-state index contributed by atoms with van der Waals surface area (Å²) in [5, 5.41) is 12.1. The molecule has 0 aliphatic carbocycles. The minimum atomic E-state index is -0.876. The van der Waals surface area contributed by atoms with E-state index in [4.69, 9.17) is 14.2 Å². The van der Waals surface area contributed by atoms with Crippen LogP contribution in [0.3, 0.4) is 0 Å². The van der Waals surface area contributed by atoms with Crippen molar-refractivity contribution in [2.45, 2.75) is 26.7 Å². The predicted molar refractivity (Wildman–Crippen MR) is 111 cm³/mol. The first-order chi connectivity index (χ1) is 14.4. The van der Waals surface area contributed by atoms with Gasteiger partial charge in [-0.2, -0.15) is 5.26 Å². The lowest BCUT2D eigenvalue weighted by atomic mass is 9.98. The minimum Gasteiger partial charge on any atom is -0.454 e. The van der Waals surface area contributed by atoms with Gasteiger partial charge in [-0.15, -0.1) is 0 Å². The zero-order valence-electron chi connectivity index (χ0n) is 17.0. The first kappa shape index (κ1) is 20.9. The SMILES string of the molecule is Cc1cccc(C(C)C)c1NC(=O)COC(=O)C(C#N)=Cc1ccc2c(c1)OCO2. The fourth-order valence-corrected chi connectivity index (χ4v) is 3.03. The second-order valence-electron chi connectivity index (χ2n) is 7.10. The van der Waals surface area contributed by atoms with Crippen molar-refractivity contribution < 1.29 is 23.8 Å². The average Bonchev–Trinajstić information content (AvgIpc) is 3.19. The van der Waals surface area contributed by atoms with E-state index in [2.05, 4.69) is 5.32 Å². The molecule has 1 heterocycles. The predicted octanol–water partition coefficient (Wildman–Crippen LogP) is 3.94. The third-order valence-corrected chi connectivity index (χ3v) is 4.57. The highest BCUT2D eigenvalue weighted by atomic mass is 16.7. The molecule has 0 saturated carbocycles. The maximum absolute atomic E-state index is 12.3. The summed E-state index contributed by atoms with van der Waals surface area (Å²) in [5.41, 5.74) is 2.99. The van der Waals surface area contributed by atoms with Gasteiger partial charge in [-0.1, -0.05) is 38.1 Å². The molecule has 1 amide bonds. The molecule has 0 atom stereocenters. The van der Waals surface area contributed by atoms with Crippen LogP contribution in [0, 0.1) is 18.3 Å². The second kappa shape index (κ2) is 9.14. The summed E-state index contributed by atoms with van der Waals surface area (Å²) in [6, 6.07) is 12.6. The minimum absolute atomic E-state index is 0.129. The van der Waals surface area contributed by atoms with Crippen LogP contribution < -0.4 is 14.8 Å². The number of hydrogen-bond acceptors (Lipinski definition) is 6. The molecule has 1 aliphatic rings. The zero-order valence-corrected chi connectivity index (χ0v) is 17.0. The number of amides is 1. The second-order valence-corrected chi connectivity index (χ2v) is 7.10. The number of fused-ring (bicyclic) bond motifs is 1. The lowest BCUT2D eigenvalue weighted by Crippen LogP contribution is -2.22. The molecule has 3 rings (SSSR count). The summed E-state index contributed by atoms with van der Waals surface area (Å²) >= 11 is 0. The van der Waals surface area contributed by atoms with Crippen LogP contribution in [0.4, 0.5) is 5.69 Å². The number of aryl methyl sites for hydroxylation is 1. The van der Waals surface area contributed by atoms with Gasteiger partial charge in [-0.05, 0) is 47.7 Å². The van der Waals surface area contributed by atoms with Crippen LogP contribution in [0.15, 0.2) is 42.0 Å². The summed E-state index contributed by atoms with van der Waals surface area (Å²) in [6.45, 7) is 5.60. The number of rotatable bonds is 6. The van der Waals surface area contributed by atoms with Gasteiger partial charge in [0.05, 0.1) is 0 Å². The van der Waals surface area contributed by atoms with Crippen LogP contribution in [0.25, 0.3) is 6.08 Å². The molecule has 0 bridgehead atoms. The Labute approximate surface area is 174 Å². The third kappa shape index (κ3) is 4.78. The fraction of sp³-hybridized carbons (Fsp3) is 0.261. The van der Waals surface area contributed by atoms with E-state index in [1.54, 1.807) is 18.2 Å². The highest BCUT2D eigenvalue weighted by Gasteiger charge is 2.17. The lowest BCUT2D eigenvalue weighted by molar-refractivity contribution is -0.142. The van der Waals surface area contributed by atoms with Crippen molar-refractivity contribution in [1.29, 1.82) is 5.26 Å². The van der Waals surface area contributed by atoms with Gasteiger partial charge < -0.3 is 19.5 Å². The largest absolute Gasteiger partial charge is 0.454 e. The number of carbonyl (C=O) groups excluding carboxylic acids is 2. The number of anilines is 1. The standard InChI is InChI=1S/C23H22N2O5/c1-14(2)18-6-4-5-15(3)22(18)25-21(26)12-28-23(27)17(11-24)9-16-7-8-19-20(10-16)30-13-29-19/h4-10,14H,12-13H2,1-3H3,(H,25,26). The Bertz CT molecular complexity index is 1050. The van der Waals surface area contributed by atoms with Gasteiger partial charge >= 0.3 is 5.97 Å². The van der Waals surface area contributed by atoms with E-state index >= 15 is 0 Å². The summed E-state index contributed by atoms with van der Waals surface area (Å²) in [6.07, 6.45) is 1.38. The Morgan fingerprint density at radius 1 is 1.23 bits per heavy atom. The molecule has 1 aliphatic heterocycles. The van der Waals surface area contributed by atoms with Crippen molar-refractivity contribution in [3.05, 3.63) is 58.7 Å². The number of nitrogens with one attached hydrogen (secondary N) is 1. The summed E-state index contributed by atoms with van der Waals surface area (Å²) in [4.78, 5) is 24.6. The molecule has 154 valence electrons. The van der Waals surface area contributed by atoms with Crippen LogP contribution >= 0.6 is 0 Å². The van der Waals surface area contributed by atoms with Gasteiger partial charge in [0.25, 0.3) is 5.91 Å². The van der Waals surface area contributed by atoms with Crippen LogP contribution in [0.1, 0.15) is 36.5 Å². The topological polar surface area (TPSA) is 97.7 Å². The maximum atomic E-state index is 12.3. The Morgan fingerprint density at radius 3 is 2.73 bits per heavy atom. The van der Waals surface area contributed by atoms with E-state index in [1.807, 2.05) is 45.0 Å². The molecule has 7 nitrogen and oxygen atoms in total. The number of para-hydroxylation sites is 1. The Kier molecular flexibility index (Phi) is 6.38. The first-order valence-electron chi connectivity index (χ1n) is 9.47. The number of carbonyl (C=O) groups is 2. The van der Waals surface area contributed by atoms with Crippen LogP contribution in [0.5, 0.6) is 11.5 Å². The Hall–Kier alpha value is -3.79. The van der Waals surface area contributed by atoms with Gasteiger partial charge in [0, 0.05) is 5.69 Å². The molecule has 1 N–H and O–H groups in total. The van der Waals surface area contributed by atoms with Gasteiger partial charge in [0.1, 0.15) is 11.6 Å². The molecule has 0 fully saturated rings. The van der Waals surface area contributed by atoms with E-state index in [0.717, 1.165) is 11.1 Å². The van der Waals surface area contributed by atoms with E-state index in [9.17, 15) is 14.9 Å². The Morgan fingerprint density at radius 2 is 2.00 bits per heavy atom. The van der Waals surface area contributed by atoms with Gasteiger partial charge in [0.2, 0.25) is 6.79 Å². The molecule has 0 spiro atoms. The molecule has 0 radical (unpaired) electrons. The van der Waals surface area contributed by atoms with E-state index in [1.165, 1.54) is 6.08 Å². The number of ether oxygens (including phenoxy) is 3. The van der Waals surface area contributed by atoms with Crippen molar-refractivity contribution in [3.63, 3.8) is 0 Å². The van der Waals surface area contributed by atoms with Gasteiger partial charge in [-0.25, -0.2) is 4.79 Å². The number of nitrogens with zero attached hydrogens (tertiary/aromatic N) is 1. The fourth-order valence-electron chi connectivity index (χ4n) is 3.03. The summed E-state index contributed by atoms with van der Waals surface area (Å²) in [7, 11) is 0. The first-order valence-corrected chi connectivity index (χ1v) is 9.47. The average molecular weight is 406 g/mol. The molecular formula is C23H22N2O5. The highest BCUT2D eigenvalue weighted by Crippen LogP contribution is 2.33. The quantitative estimate of drug-likeness (QED) is 0.443. The molecule has 2 aromatic rings. The normalized spacial score (nSPS) is 12.4.